The number of hydrogen-bond acceptors (Lipinski definition) is 3. The standard InChI is InChI=1S/C10H13BrOS2/c1-2-3-5-13-7-9(12)10-8(11)4-6-14-10/h4,6H,2-3,5,7H2,1H3. The number of carbonyl (C=O) groups is 1. The molecule has 0 atom stereocenters. The van der Waals surface area contributed by atoms with E-state index in [2.05, 4.69) is 22.9 Å². The molecule has 14 heavy (non-hydrogen) atoms. The van der Waals surface area contributed by atoms with Crippen LogP contribution in [0.25, 0.3) is 0 Å². The lowest BCUT2D eigenvalue weighted by Crippen LogP contribution is -2.01. The van der Waals surface area contributed by atoms with Crippen LogP contribution in [0.3, 0.4) is 0 Å². The monoisotopic (exact) mass is 292 g/mol. The van der Waals surface area contributed by atoms with Crippen molar-refractivity contribution in [2.45, 2.75) is 19.8 Å². The van der Waals surface area contributed by atoms with E-state index in [1.165, 1.54) is 24.2 Å². The van der Waals surface area contributed by atoms with Crippen LogP contribution in [0.1, 0.15) is 29.4 Å². The van der Waals surface area contributed by atoms with E-state index in [4.69, 9.17) is 0 Å². The van der Waals surface area contributed by atoms with E-state index in [1.54, 1.807) is 11.8 Å². The molecule has 0 radical (unpaired) electrons. The van der Waals surface area contributed by atoms with Crippen LogP contribution >= 0.6 is 39.0 Å². The second kappa shape index (κ2) is 6.64. The van der Waals surface area contributed by atoms with Gasteiger partial charge in [-0.3, -0.25) is 4.79 Å². The van der Waals surface area contributed by atoms with Gasteiger partial charge < -0.3 is 0 Å². The maximum absolute atomic E-state index is 11.6. The van der Waals surface area contributed by atoms with Crippen LogP contribution in [0.4, 0.5) is 0 Å². The van der Waals surface area contributed by atoms with E-state index >= 15 is 0 Å². The zero-order valence-corrected chi connectivity index (χ0v) is 11.3. The quantitative estimate of drug-likeness (QED) is 0.577. The van der Waals surface area contributed by atoms with E-state index in [1.807, 2.05) is 11.4 Å². The van der Waals surface area contributed by atoms with Gasteiger partial charge in [0.05, 0.1) is 10.6 Å². The van der Waals surface area contributed by atoms with Crippen molar-refractivity contribution in [3.05, 3.63) is 20.8 Å². The van der Waals surface area contributed by atoms with Gasteiger partial charge in [-0.1, -0.05) is 13.3 Å². The summed E-state index contributed by atoms with van der Waals surface area (Å²) in [5.74, 6) is 1.94. The van der Waals surface area contributed by atoms with E-state index in [0.29, 0.717) is 5.75 Å². The van der Waals surface area contributed by atoms with Gasteiger partial charge in [-0.15, -0.1) is 11.3 Å². The van der Waals surface area contributed by atoms with Crippen molar-refractivity contribution >= 4 is 44.8 Å². The van der Waals surface area contributed by atoms with E-state index < -0.39 is 0 Å². The molecule has 0 saturated heterocycles. The van der Waals surface area contributed by atoms with Gasteiger partial charge in [0.1, 0.15) is 0 Å². The summed E-state index contributed by atoms with van der Waals surface area (Å²) in [5.41, 5.74) is 0. The molecule has 0 aliphatic rings. The normalized spacial score (nSPS) is 10.4. The Morgan fingerprint density at radius 1 is 1.64 bits per heavy atom. The summed E-state index contributed by atoms with van der Waals surface area (Å²) in [4.78, 5) is 12.5. The number of rotatable bonds is 6. The fraction of sp³-hybridized carbons (Fsp3) is 0.500. The average Bonchev–Trinajstić information content (AvgIpc) is 2.59. The van der Waals surface area contributed by atoms with Gasteiger partial charge in [-0.2, -0.15) is 11.8 Å². The van der Waals surface area contributed by atoms with Gasteiger partial charge in [0.2, 0.25) is 0 Å². The molecule has 0 unspecified atom stereocenters. The van der Waals surface area contributed by atoms with Gasteiger partial charge in [-0.05, 0) is 39.6 Å². The number of thiophene rings is 1. The lowest BCUT2D eigenvalue weighted by molar-refractivity contribution is 0.102. The fourth-order valence-electron chi connectivity index (χ4n) is 0.970. The van der Waals surface area contributed by atoms with Crippen LogP contribution in [-0.4, -0.2) is 17.3 Å². The molecule has 1 nitrogen and oxygen atoms in total. The molecule has 4 heteroatoms. The molecule has 0 spiro atoms. The maximum atomic E-state index is 11.6. The van der Waals surface area contributed by atoms with Crippen LogP contribution in [0.5, 0.6) is 0 Å². The molecule has 0 amide bonds. The molecule has 0 N–H and O–H groups in total. The fourth-order valence-corrected chi connectivity index (χ4v) is 3.56. The van der Waals surface area contributed by atoms with Gasteiger partial charge in [0.15, 0.2) is 5.78 Å². The molecule has 1 aromatic rings. The summed E-state index contributed by atoms with van der Waals surface area (Å²) in [6.07, 6.45) is 2.40. The summed E-state index contributed by atoms with van der Waals surface area (Å²) in [7, 11) is 0. The van der Waals surface area contributed by atoms with Crippen molar-refractivity contribution in [3.8, 4) is 0 Å². The molecule has 78 valence electrons. The summed E-state index contributed by atoms with van der Waals surface area (Å²) >= 11 is 6.61. The van der Waals surface area contributed by atoms with Crippen molar-refractivity contribution in [1.29, 1.82) is 0 Å². The Balaban J connectivity index is 2.32. The third-order valence-electron chi connectivity index (χ3n) is 1.75. The Kier molecular flexibility index (Phi) is 5.82. The summed E-state index contributed by atoms with van der Waals surface area (Å²) < 4.78 is 0.934. The highest BCUT2D eigenvalue weighted by Gasteiger charge is 2.10. The van der Waals surface area contributed by atoms with Crippen LogP contribution in [0.15, 0.2) is 15.9 Å². The molecule has 1 heterocycles. The molecular formula is C10H13BrOS2. The number of Topliss-reactive ketones (excluding diaryl/α,β-unsaturated/α-hetero) is 1. The minimum atomic E-state index is 0.243. The van der Waals surface area contributed by atoms with Gasteiger partial charge in [-0.25, -0.2) is 0 Å². The molecule has 0 bridgehead atoms. The number of thioether (sulfide) groups is 1. The average molecular weight is 293 g/mol. The smallest absolute Gasteiger partial charge is 0.183 e. The lowest BCUT2D eigenvalue weighted by Gasteiger charge is -1.98. The van der Waals surface area contributed by atoms with Crippen molar-refractivity contribution in [2.75, 3.05) is 11.5 Å². The zero-order valence-electron chi connectivity index (χ0n) is 8.09. The number of ketones is 1. The minimum Gasteiger partial charge on any atom is -0.292 e. The Morgan fingerprint density at radius 2 is 2.43 bits per heavy atom. The summed E-state index contributed by atoms with van der Waals surface area (Å²) in [6.45, 7) is 2.16. The second-order valence-corrected chi connectivity index (χ2v) is 5.80. The molecule has 0 fully saturated rings. The van der Waals surface area contributed by atoms with Crippen LogP contribution in [0, 0.1) is 0 Å². The Morgan fingerprint density at radius 3 is 3.00 bits per heavy atom. The van der Waals surface area contributed by atoms with Crippen molar-refractivity contribution in [3.63, 3.8) is 0 Å². The SMILES string of the molecule is CCCCSCC(=O)c1sccc1Br. The maximum Gasteiger partial charge on any atom is 0.183 e. The van der Waals surface area contributed by atoms with Crippen molar-refractivity contribution in [1.82, 2.24) is 0 Å². The lowest BCUT2D eigenvalue weighted by atomic mass is 10.3. The van der Waals surface area contributed by atoms with E-state index in [0.717, 1.165) is 15.1 Å². The first-order chi connectivity index (χ1) is 6.75. The third kappa shape index (κ3) is 3.75. The first-order valence-electron chi connectivity index (χ1n) is 4.59. The second-order valence-electron chi connectivity index (χ2n) is 2.93. The number of unbranched alkanes of at least 4 members (excludes halogenated alkanes) is 1. The molecule has 0 saturated carbocycles. The molecule has 0 aromatic carbocycles. The highest BCUT2D eigenvalue weighted by molar-refractivity contribution is 9.10. The molecule has 1 aromatic heterocycles. The Labute approximate surface area is 101 Å². The highest BCUT2D eigenvalue weighted by atomic mass is 79.9. The Hall–Kier alpha value is 0.200. The van der Waals surface area contributed by atoms with E-state index in [-0.39, 0.29) is 5.78 Å². The number of halogens is 1. The van der Waals surface area contributed by atoms with E-state index in [9.17, 15) is 4.79 Å². The molecule has 0 aliphatic heterocycles. The highest BCUT2D eigenvalue weighted by Crippen LogP contribution is 2.24. The topological polar surface area (TPSA) is 17.1 Å². The predicted octanol–water partition coefficient (Wildman–Crippen LogP) is 4.23. The van der Waals surface area contributed by atoms with Crippen LogP contribution in [-0.2, 0) is 0 Å². The van der Waals surface area contributed by atoms with Crippen LogP contribution < -0.4 is 0 Å². The Bertz CT molecular complexity index is 296. The molecule has 1 rings (SSSR count). The third-order valence-corrected chi connectivity index (χ3v) is 4.67. The number of carbonyl (C=O) groups excluding carboxylic acids is 1. The largest absolute Gasteiger partial charge is 0.292 e. The zero-order chi connectivity index (χ0) is 10.4. The van der Waals surface area contributed by atoms with Gasteiger partial charge in [0, 0.05) is 4.47 Å². The van der Waals surface area contributed by atoms with Crippen LogP contribution in [0.2, 0.25) is 0 Å². The molecular weight excluding hydrogens is 280 g/mol. The summed E-state index contributed by atoms with van der Waals surface area (Å²) in [5, 5.41) is 1.94. The van der Waals surface area contributed by atoms with Crippen molar-refractivity contribution in [2.24, 2.45) is 0 Å². The first kappa shape index (κ1) is 12.3. The number of hydrogen-bond donors (Lipinski definition) is 0. The first-order valence-corrected chi connectivity index (χ1v) is 7.42. The summed E-state index contributed by atoms with van der Waals surface area (Å²) in [6, 6.07) is 1.93. The van der Waals surface area contributed by atoms with Crippen molar-refractivity contribution < 1.29 is 4.79 Å². The molecule has 0 aliphatic carbocycles. The van der Waals surface area contributed by atoms with Gasteiger partial charge in [0.25, 0.3) is 0 Å². The predicted molar refractivity (Wildman–Crippen MR) is 68.6 cm³/mol. The van der Waals surface area contributed by atoms with Gasteiger partial charge >= 0.3 is 0 Å². The minimum absolute atomic E-state index is 0.243.